The number of nitrogens with one attached hydrogen (secondary N) is 1. The van der Waals surface area contributed by atoms with Crippen molar-refractivity contribution < 1.29 is 28.3 Å². The zero-order valence-electron chi connectivity index (χ0n) is 16.3. The molecule has 3 rings (SSSR count). The normalized spacial score (nSPS) is 10.4. The summed E-state index contributed by atoms with van der Waals surface area (Å²) in [6, 6.07) is 11.6. The van der Waals surface area contributed by atoms with Gasteiger partial charge in [0.05, 0.1) is 24.2 Å². The molecule has 0 spiro atoms. The van der Waals surface area contributed by atoms with Crippen molar-refractivity contribution in [3.63, 3.8) is 0 Å². The molecule has 0 bridgehead atoms. The molecule has 0 saturated carbocycles. The molecular weight excluding hydrogens is 449 g/mol. The molecule has 9 nitrogen and oxygen atoms in total. The van der Waals surface area contributed by atoms with Gasteiger partial charge in [-0.1, -0.05) is 40.5 Å². The minimum Gasteiger partial charge on any atom is -0.495 e. The third-order valence-corrected chi connectivity index (χ3v) is 4.34. The number of para-hydroxylation sites is 2. The molecule has 0 saturated heterocycles. The lowest BCUT2D eigenvalue weighted by Gasteiger charge is -2.08. The first-order chi connectivity index (χ1) is 14.9. The Kier molecular flexibility index (Phi) is 7.69. The van der Waals surface area contributed by atoms with Gasteiger partial charge in [0, 0.05) is 5.02 Å². The molecular formula is C20H17Cl2N3O6. The number of esters is 1. The molecule has 1 heterocycles. The highest BCUT2D eigenvalue weighted by atomic mass is 35.5. The number of hydrogen-bond acceptors (Lipinski definition) is 8. The Balaban J connectivity index is 1.45. The van der Waals surface area contributed by atoms with Crippen molar-refractivity contribution in [2.45, 2.75) is 13.0 Å². The first-order valence-corrected chi connectivity index (χ1v) is 9.68. The summed E-state index contributed by atoms with van der Waals surface area (Å²) in [6.07, 6.45) is -0.131. The van der Waals surface area contributed by atoms with Crippen molar-refractivity contribution >= 4 is 40.8 Å². The minimum absolute atomic E-state index is 0.0398. The highest BCUT2D eigenvalue weighted by Gasteiger charge is 2.15. The lowest BCUT2D eigenvalue weighted by Crippen LogP contribution is -2.16. The van der Waals surface area contributed by atoms with E-state index in [-0.39, 0.29) is 42.3 Å². The summed E-state index contributed by atoms with van der Waals surface area (Å²) in [6.45, 7) is -0.638. The number of carbonyl (C=O) groups excluding carboxylic acids is 2. The second-order valence-corrected chi connectivity index (χ2v) is 6.90. The molecule has 0 radical (unpaired) electrons. The van der Waals surface area contributed by atoms with Crippen LogP contribution in [0.2, 0.25) is 10.0 Å². The molecule has 1 amide bonds. The number of amides is 1. The van der Waals surface area contributed by atoms with E-state index >= 15 is 0 Å². The van der Waals surface area contributed by atoms with Gasteiger partial charge in [0.15, 0.2) is 19.0 Å². The maximum atomic E-state index is 12.2. The molecule has 0 atom stereocenters. The van der Waals surface area contributed by atoms with E-state index in [9.17, 15) is 9.59 Å². The topological polar surface area (TPSA) is 113 Å². The summed E-state index contributed by atoms with van der Waals surface area (Å²) in [4.78, 5) is 28.0. The third-order valence-electron chi connectivity index (χ3n) is 3.81. The Morgan fingerprint density at radius 3 is 2.71 bits per heavy atom. The number of halogens is 2. The van der Waals surface area contributed by atoms with Crippen molar-refractivity contribution in [2.75, 3.05) is 19.0 Å². The van der Waals surface area contributed by atoms with Gasteiger partial charge in [-0.3, -0.25) is 4.79 Å². The molecule has 0 fully saturated rings. The SMILES string of the molecule is COc1ccccc1NC(=O)Cc1noc(COC(=O)COc2ccc(Cl)cc2Cl)n1. The predicted octanol–water partition coefficient (Wildman–Crippen LogP) is 3.69. The van der Waals surface area contributed by atoms with Crippen LogP contribution < -0.4 is 14.8 Å². The fourth-order valence-electron chi connectivity index (χ4n) is 2.42. The number of rotatable bonds is 9. The number of carbonyl (C=O) groups is 2. The third kappa shape index (κ3) is 6.59. The summed E-state index contributed by atoms with van der Waals surface area (Å²) in [7, 11) is 1.51. The van der Waals surface area contributed by atoms with Crippen LogP contribution in [0.1, 0.15) is 11.7 Å². The highest BCUT2D eigenvalue weighted by Crippen LogP contribution is 2.27. The largest absolute Gasteiger partial charge is 0.495 e. The van der Waals surface area contributed by atoms with Crippen molar-refractivity contribution in [1.82, 2.24) is 10.1 Å². The van der Waals surface area contributed by atoms with E-state index in [1.807, 2.05) is 0 Å². The van der Waals surface area contributed by atoms with Crippen molar-refractivity contribution in [3.05, 3.63) is 64.2 Å². The monoisotopic (exact) mass is 465 g/mol. The second kappa shape index (κ2) is 10.6. The number of hydrogen-bond donors (Lipinski definition) is 1. The van der Waals surface area contributed by atoms with Gasteiger partial charge in [-0.15, -0.1) is 0 Å². The van der Waals surface area contributed by atoms with Crippen molar-refractivity contribution in [3.8, 4) is 11.5 Å². The van der Waals surface area contributed by atoms with Gasteiger partial charge in [0.25, 0.3) is 5.89 Å². The van der Waals surface area contributed by atoms with E-state index in [0.717, 1.165) is 0 Å². The first kappa shape index (κ1) is 22.4. The van der Waals surface area contributed by atoms with Crippen LogP contribution in [0.4, 0.5) is 5.69 Å². The number of ether oxygens (including phenoxy) is 3. The Morgan fingerprint density at radius 2 is 1.94 bits per heavy atom. The van der Waals surface area contributed by atoms with Crippen LogP contribution in [0.5, 0.6) is 11.5 Å². The highest BCUT2D eigenvalue weighted by molar-refractivity contribution is 6.35. The van der Waals surface area contributed by atoms with Gasteiger partial charge >= 0.3 is 5.97 Å². The predicted molar refractivity (Wildman–Crippen MR) is 111 cm³/mol. The van der Waals surface area contributed by atoms with Crippen LogP contribution in [-0.2, 0) is 27.4 Å². The summed E-state index contributed by atoms with van der Waals surface area (Å²) >= 11 is 11.8. The Hall–Kier alpha value is -3.30. The van der Waals surface area contributed by atoms with E-state index in [1.54, 1.807) is 30.3 Å². The number of aromatic nitrogens is 2. The Morgan fingerprint density at radius 1 is 1.13 bits per heavy atom. The Bertz CT molecular complexity index is 1070. The zero-order chi connectivity index (χ0) is 22.2. The van der Waals surface area contributed by atoms with E-state index in [0.29, 0.717) is 22.2 Å². The molecule has 0 aliphatic rings. The zero-order valence-corrected chi connectivity index (χ0v) is 17.8. The summed E-state index contributed by atoms with van der Waals surface area (Å²) < 4.78 is 20.5. The van der Waals surface area contributed by atoms with Gasteiger partial charge < -0.3 is 24.1 Å². The van der Waals surface area contributed by atoms with E-state index < -0.39 is 5.97 Å². The molecule has 11 heteroatoms. The number of methoxy groups -OCH3 is 1. The molecule has 1 aromatic heterocycles. The second-order valence-electron chi connectivity index (χ2n) is 6.05. The number of nitrogens with zero attached hydrogens (tertiary/aromatic N) is 2. The molecule has 0 aliphatic carbocycles. The van der Waals surface area contributed by atoms with Crippen LogP contribution in [0, 0.1) is 0 Å². The lowest BCUT2D eigenvalue weighted by atomic mass is 10.2. The van der Waals surface area contributed by atoms with Gasteiger partial charge in [0.1, 0.15) is 11.5 Å². The average molecular weight is 466 g/mol. The van der Waals surface area contributed by atoms with Crippen LogP contribution in [-0.4, -0.2) is 35.7 Å². The average Bonchev–Trinajstić information content (AvgIpc) is 3.19. The smallest absolute Gasteiger partial charge is 0.344 e. The van der Waals surface area contributed by atoms with Crippen LogP contribution in [0.15, 0.2) is 47.0 Å². The molecule has 31 heavy (non-hydrogen) atoms. The van der Waals surface area contributed by atoms with E-state index in [1.165, 1.54) is 19.2 Å². The summed E-state index contributed by atoms with van der Waals surface area (Å²) in [5, 5.41) is 7.12. The van der Waals surface area contributed by atoms with E-state index in [4.69, 9.17) is 41.9 Å². The maximum absolute atomic E-state index is 12.2. The molecule has 2 aromatic carbocycles. The minimum atomic E-state index is -0.667. The van der Waals surface area contributed by atoms with Gasteiger partial charge in [-0.2, -0.15) is 4.98 Å². The lowest BCUT2D eigenvalue weighted by molar-refractivity contribution is -0.148. The standard InChI is InChI=1S/C20H17Cl2N3O6/c1-28-16-5-3-2-4-14(16)23-18(26)9-17-24-19(31-25-17)10-30-20(27)11-29-15-7-6-12(21)8-13(15)22/h2-8H,9-11H2,1H3,(H,23,26). The molecule has 162 valence electrons. The molecule has 0 unspecified atom stereocenters. The fraction of sp³-hybridized carbons (Fsp3) is 0.200. The molecule has 1 N–H and O–H groups in total. The fourth-order valence-corrected chi connectivity index (χ4v) is 2.88. The maximum Gasteiger partial charge on any atom is 0.344 e. The van der Waals surface area contributed by atoms with Crippen LogP contribution in [0.25, 0.3) is 0 Å². The summed E-state index contributed by atoms with van der Waals surface area (Å²) in [5.74, 6) is -0.0230. The molecule has 3 aromatic rings. The van der Waals surface area contributed by atoms with Crippen molar-refractivity contribution in [2.24, 2.45) is 0 Å². The van der Waals surface area contributed by atoms with Crippen LogP contribution >= 0.6 is 23.2 Å². The molecule has 0 aliphatic heterocycles. The van der Waals surface area contributed by atoms with Gasteiger partial charge in [-0.25, -0.2) is 4.79 Å². The van der Waals surface area contributed by atoms with Gasteiger partial charge in [0.2, 0.25) is 5.91 Å². The van der Waals surface area contributed by atoms with Crippen LogP contribution in [0.3, 0.4) is 0 Å². The number of benzene rings is 2. The van der Waals surface area contributed by atoms with E-state index in [2.05, 4.69) is 15.5 Å². The van der Waals surface area contributed by atoms with Gasteiger partial charge in [-0.05, 0) is 30.3 Å². The quantitative estimate of drug-likeness (QED) is 0.476. The summed E-state index contributed by atoms with van der Waals surface area (Å²) in [5.41, 5.74) is 0.522. The van der Waals surface area contributed by atoms with Crippen molar-refractivity contribution in [1.29, 1.82) is 0 Å². The number of anilines is 1. The Labute approximate surface area is 187 Å². The first-order valence-electron chi connectivity index (χ1n) is 8.92.